The summed E-state index contributed by atoms with van der Waals surface area (Å²) >= 11 is 0. The lowest BCUT2D eigenvalue weighted by Gasteiger charge is -2.25. The average molecular weight is 475 g/mol. The Bertz CT molecular complexity index is 1350. The number of amides is 2. The maximum Gasteiger partial charge on any atom is 0.271 e. The van der Waals surface area contributed by atoms with Gasteiger partial charge in [0.1, 0.15) is 17.4 Å². The van der Waals surface area contributed by atoms with Crippen molar-refractivity contribution in [2.75, 3.05) is 10.3 Å². The Morgan fingerprint density at radius 3 is 2.71 bits per heavy atom. The molecule has 3 aromatic rings. The van der Waals surface area contributed by atoms with Crippen molar-refractivity contribution in [2.45, 2.75) is 58.9 Å². The fourth-order valence-electron chi connectivity index (χ4n) is 4.51. The second kappa shape index (κ2) is 9.40. The maximum absolute atomic E-state index is 14.8. The third-order valence-corrected chi connectivity index (χ3v) is 6.46. The number of nitrogens with zero attached hydrogens (tertiary/aromatic N) is 5. The van der Waals surface area contributed by atoms with Gasteiger partial charge in [-0.25, -0.2) is 9.40 Å². The van der Waals surface area contributed by atoms with Crippen molar-refractivity contribution in [2.24, 2.45) is 5.10 Å². The number of aryl methyl sites for hydroxylation is 3. The van der Waals surface area contributed by atoms with E-state index in [1.165, 1.54) is 17.1 Å². The number of nitrogens with one attached hydrogen (secondary N) is 1. The maximum atomic E-state index is 14.8. The van der Waals surface area contributed by atoms with Crippen LogP contribution in [0, 0.1) is 19.7 Å². The second-order valence-corrected chi connectivity index (χ2v) is 9.09. The van der Waals surface area contributed by atoms with Gasteiger partial charge >= 0.3 is 0 Å². The highest BCUT2D eigenvalue weighted by Gasteiger charge is 2.27. The molecule has 0 bridgehead atoms. The summed E-state index contributed by atoms with van der Waals surface area (Å²) in [4.78, 5) is 25.6. The summed E-state index contributed by atoms with van der Waals surface area (Å²) in [6, 6.07) is 10.2. The summed E-state index contributed by atoms with van der Waals surface area (Å²) in [6.07, 6.45) is 4.37. The Kier molecular flexibility index (Phi) is 6.15. The Morgan fingerprint density at radius 1 is 1.00 bits per heavy atom. The molecule has 2 aliphatic heterocycles. The number of hydrogen-bond acceptors (Lipinski definition) is 5. The van der Waals surface area contributed by atoms with Crippen LogP contribution in [-0.2, 0) is 22.6 Å². The van der Waals surface area contributed by atoms with Gasteiger partial charge in [0.25, 0.3) is 5.91 Å². The predicted octanol–water partition coefficient (Wildman–Crippen LogP) is 4.55. The number of aromatic nitrogens is 3. The van der Waals surface area contributed by atoms with Gasteiger partial charge in [0.2, 0.25) is 5.91 Å². The van der Waals surface area contributed by atoms with E-state index in [4.69, 9.17) is 0 Å². The van der Waals surface area contributed by atoms with Gasteiger partial charge in [-0.2, -0.15) is 5.10 Å². The number of carbonyl (C=O) groups is 2. The number of benzene rings is 2. The van der Waals surface area contributed by atoms with Crippen molar-refractivity contribution >= 4 is 28.9 Å². The summed E-state index contributed by atoms with van der Waals surface area (Å²) in [6.45, 7) is 4.58. The number of hydrogen-bond donors (Lipinski definition) is 1. The number of rotatable bonds is 4. The quantitative estimate of drug-likeness (QED) is 0.601. The van der Waals surface area contributed by atoms with Crippen LogP contribution in [0.5, 0.6) is 0 Å². The van der Waals surface area contributed by atoms with Crippen LogP contribution < -0.4 is 10.3 Å². The average Bonchev–Trinajstić information content (AvgIpc) is 3.09. The van der Waals surface area contributed by atoms with Crippen molar-refractivity contribution in [3.8, 4) is 11.4 Å². The lowest BCUT2D eigenvalue weighted by atomic mass is 10.1. The molecular weight excluding hydrogens is 447 g/mol. The molecular formula is C26H27FN6O2. The fraction of sp³-hybridized carbons (Fsp3) is 0.346. The molecule has 0 unspecified atom stereocenters. The minimum Gasteiger partial charge on any atom is -0.321 e. The van der Waals surface area contributed by atoms with E-state index in [1.54, 1.807) is 6.07 Å². The number of hydrazone groups is 1. The molecule has 9 heteroatoms. The Balaban J connectivity index is 1.41. The highest BCUT2D eigenvalue weighted by atomic mass is 19.1. The zero-order valence-corrected chi connectivity index (χ0v) is 19.8. The Hall–Kier alpha value is -3.88. The van der Waals surface area contributed by atoms with Crippen molar-refractivity contribution < 1.29 is 14.0 Å². The van der Waals surface area contributed by atoms with Gasteiger partial charge in [-0.3, -0.25) is 9.59 Å². The van der Waals surface area contributed by atoms with Gasteiger partial charge in [-0.1, -0.05) is 18.6 Å². The first-order valence-electron chi connectivity index (χ1n) is 11.9. The molecule has 180 valence electrons. The normalized spacial score (nSPS) is 15.9. The molecule has 0 radical (unpaired) electrons. The number of fused-ring (bicyclic) bond motifs is 1. The summed E-state index contributed by atoms with van der Waals surface area (Å²) < 4.78 is 16.8. The summed E-state index contributed by atoms with van der Waals surface area (Å²) in [7, 11) is 0. The van der Waals surface area contributed by atoms with Crippen LogP contribution in [0.15, 0.2) is 41.5 Å². The van der Waals surface area contributed by atoms with Crippen LogP contribution in [0.2, 0.25) is 0 Å². The molecule has 0 aliphatic carbocycles. The topological polar surface area (TPSA) is 92.5 Å². The first kappa shape index (κ1) is 22.9. The molecule has 0 atom stereocenters. The minimum absolute atomic E-state index is 0.160. The van der Waals surface area contributed by atoms with Crippen LogP contribution in [0.3, 0.4) is 0 Å². The molecule has 35 heavy (non-hydrogen) atoms. The van der Waals surface area contributed by atoms with E-state index in [-0.39, 0.29) is 24.5 Å². The van der Waals surface area contributed by atoms with Crippen LogP contribution in [0.1, 0.15) is 49.1 Å². The number of anilines is 2. The van der Waals surface area contributed by atoms with Gasteiger partial charge in [0, 0.05) is 31.5 Å². The van der Waals surface area contributed by atoms with E-state index >= 15 is 0 Å². The molecule has 1 aromatic heterocycles. The standard InChI is InChI=1S/C26H27FN6O2/c1-16-7-8-17(2)22(14-16)33-24(34)12-11-21(31-33)26(35)28-18-9-10-20(27)19(15-18)25-30-29-23-6-4-3-5-13-32(23)25/h7-10,14-15H,3-6,11-13H2,1-2H3,(H,28,35). The third-order valence-electron chi connectivity index (χ3n) is 6.46. The second-order valence-electron chi connectivity index (χ2n) is 9.09. The van der Waals surface area contributed by atoms with Crippen molar-refractivity contribution in [1.29, 1.82) is 0 Å². The Morgan fingerprint density at radius 2 is 1.86 bits per heavy atom. The molecule has 1 N–H and O–H groups in total. The van der Waals surface area contributed by atoms with Crippen LogP contribution in [-0.4, -0.2) is 32.3 Å². The van der Waals surface area contributed by atoms with Gasteiger partial charge in [-0.15, -0.1) is 10.2 Å². The zero-order valence-electron chi connectivity index (χ0n) is 19.8. The molecule has 2 aliphatic rings. The van der Waals surface area contributed by atoms with Gasteiger partial charge in [0.15, 0.2) is 5.82 Å². The minimum atomic E-state index is -0.427. The van der Waals surface area contributed by atoms with Crippen molar-refractivity contribution in [1.82, 2.24) is 14.8 Å². The molecule has 0 saturated heterocycles. The SMILES string of the molecule is Cc1ccc(C)c(N2N=C(C(=O)Nc3ccc(F)c(-c4nnc5n4CCCCC5)c3)CCC2=O)c1. The van der Waals surface area contributed by atoms with Gasteiger partial charge in [0.05, 0.1) is 11.3 Å². The molecule has 2 amide bonds. The summed E-state index contributed by atoms with van der Waals surface area (Å²) in [5, 5.41) is 17.0. The van der Waals surface area contributed by atoms with E-state index in [2.05, 4.69) is 20.6 Å². The number of carbonyl (C=O) groups excluding carboxylic acids is 2. The van der Waals surface area contributed by atoms with Gasteiger partial charge < -0.3 is 9.88 Å². The molecule has 0 spiro atoms. The third kappa shape index (κ3) is 4.58. The predicted molar refractivity (Wildman–Crippen MR) is 132 cm³/mol. The molecule has 0 saturated carbocycles. The highest BCUT2D eigenvalue weighted by Crippen LogP contribution is 2.29. The summed E-state index contributed by atoms with van der Waals surface area (Å²) in [5.74, 6) is 0.317. The van der Waals surface area contributed by atoms with Gasteiger partial charge in [-0.05, 0) is 62.1 Å². The van der Waals surface area contributed by atoms with Crippen LogP contribution in [0.25, 0.3) is 11.4 Å². The molecule has 8 nitrogen and oxygen atoms in total. The molecule has 0 fully saturated rings. The van der Waals surface area contributed by atoms with E-state index in [0.717, 1.165) is 49.2 Å². The van der Waals surface area contributed by atoms with E-state index < -0.39 is 11.7 Å². The molecule has 2 aromatic carbocycles. The van der Waals surface area contributed by atoms with Crippen LogP contribution in [0.4, 0.5) is 15.8 Å². The highest BCUT2D eigenvalue weighted by molar-refractivity contribution is 6.44. The monoisotopic (exact) mass is 474 g/mol. The zero-order chi connectivity index (χ0) is 24.5. The van der Waals surface area contributed by atoms with Crippen molar-refractivity contribution in [3.05, 3.63) is 59.2 Å². The van der Waals surface area contributed by atoms with E-state index in [1.807, 2.05) is 36.6 Å². The smallest absolute Gasteiger partial charge is 0.271 e. The lowest BCUT2D eigenvalue weighted by molar-refractivity contribution is -0.118. The molecule has 3 heterocycles. The number of halogens is 1. The first-order chi connectivity index (χ1) is 16.9. The lowest BCUT2D eigenvalue weighted by Crippen LogP contribution is -2.36. The molecule has 5 rings (SSSR count). The fourth-order valence-corrected chi connectivity index (χ4v) is 4.51. The first-order valence-corrected chi connectivity index (χ1v) is 11.9. The van der Waals surface area contributed by atoms with E-state index in [9.17, 15) is 14.0 Å². The van der Waals surface area contributed by atoms with Crippen LogP contribution >= 0.6 is 0 Å². The van der Waals surface area contributed by atoms with Crippen molar-refractivity contribution in [3.63, 3.8) is 0 Å². The Labute approximate surface area is 202 Å². The van der Waals surface area contributed by atoms with E-state index in [0.29, 0.717) is 22.8 Å². The summed E-state index contributed by atoms with van der Waals surface area (Å²) in [5.41, 5.74) is 3.51. The largest absolute Gasteiger partial charge is 0.321 e.